The van der Waals surface area contributed by atoms with Crippen molar-refractivity contribution in [1.82, 2.24) is 9.78 Å². The highest BCUT2D eigenvalue weighted by Crippen LogP contribution is 2.26. The molecule has 1 aliphatic rings. The zero-order chi connectivity index (χ0) is 10.7. The standard InChI is InChI=1S/C11H19N3O/c1-2-6-14-10(3-5-13-14)11(12)9-4-7-15-8-9/h3,5,9,11H,2,4,6-8,12H2,1H3. The Morgan fingerprint density at radius 1 is 1.73 bits per heavy atom. The second-order valence-electron chi connectivity index (χ2n) is 4.13. The van der Waals surface area contributed by atoms with Crippen LogP contribution in [-0.2, 0) is 11.3 Å². The molecule has 0 radical (unpaired) electrons. The summed E-state index contributed by atoms with van der Waals surface area (Å²) in [6, 6.07) is 2.10. The van der Waals surface area contributed by atoms with Crippen LogP contribution in [0.1, 0.15) is 31.5 Å². The van der Waals surface area contributed by atoms with Crippen LogP contribution < -0.4 is 5.73 Å². The summed E-state index contributed by atoms with van der Waals surface area (Å²) in [5.74, 6) is 0.456. The summed E-state index contributed by atoms with van der Waals surface area (Å²) in [6.07, 6.45) is 3.99. The molecule has 0 aromatic carbocycles. The summed E-state index contributed by atoms with van der Waals surface area (Å²) in [5, 5.41) is 4.29. The van der Waals surface area contributed by atoms with Gasteiger partial charge in [-0.3, -0.25) is 4.68 Å². The molecule has 2 rings (SSSR count). The van der Waals surface area contributed by atoms with E-state index < -0.39 is 0 Å². The van der Waals surface area contributed by atoms with Crippen LogP contribution in [0.3, 0.4) is 0 Å². The molecule has 0 bridgehead atoms. The number of aryl methyl sites for hydroxylation is 1. The molecule has 1 aromatic rings. The first-order valence-electron chi connectivity index (χ1n) is 5.68. The molecule has 4 nitrogen and oxygen atoms in total. The summed E-state index contributed by atoms with van der Waals surface area (Å²) < 4.78 is 7.38. The minimum atomic E-state index is 0.0709. The van der Waals surface area contributed by atoms with E-state index in [0.717, 1.165) is 38.3 Å². The lowest BCUT2D eigenvalue weighted by atomic mass is 9.97. The van der Waals surface area contributed by atoms with Crippen LogP contribution in [-0.4, -0.2) is 23.0 Å². The highest BCUT2D eigenvalue weighted by molar-refractivity contribution is 5.08. The summed E-state index contributed by atoms with van der Waals surface area (Å²) in [6.45, 7) is 4.73. The molecule has 2 unspecified atom stereocenters. The number of aromatic nitrogens is 2. The summed E-state index contributed by atoms with van der Waals surface area (Å²) >= 11 is 0. The molecule has 4 heteroatoms. The fourth-order valence-corrected chi connectivity index (χ4v) is 2.10. The van der Waals surface area contributed by atoms with Crippen molar-refractivity contribution in [3.05, 3.63) is 18.0 Å². The van der Waals surface area contributed by atoms with Crippen LogP contribution >= 0.6 is 0 Å². The van der Waals surface area contributed by atoms with E-state index >= 15 is 0 Å². The third-order valence-corrected chi connectivity index (χ3v) is 3.00. The van der Waals surface area contributed by atoms with Crippen molar-refractivity contribution in [2.45, 2.75) is 32.4 Å². The molecule has 0 aliphatic carbocycles. The van der Waals surface area contributed by atoms with Gasteiger partial charge in [0.05, 0.1) is 18.3 Å². The Morgan fingerprint density at radius 3 is 3.27 bits per heavy atom. The van der Waals surface area contributed by atoms with Crippen LogP contribution in [0.5, 0.6) is 0 Å². The number of nitrogens with two attached hydrogens (primary N) is 1. The molecule has 2 heterocycles. The maximum absolute atomic E-state index is 6.23. The van der Waals surface area contributed by atoms with Crippen LogP contribution in [0.2, 0.25) is 0 Å². The quantitative estimate of drug-likeness (QED) is 0.814. The summed E-state index contributed by atoms with van der Waals surface area (Å²) in [5.41, 5.74) is 7.38. The Labute approximate surface area is 90.4 Å². The molecule has 1 fully saturated rings. The second kappa shape index (κ2) is 4.77. The molecular formula is C11H19N3O. The van der Waals surface area contributed by atoms with Gasteiger partial charge < -0.3 is 10.5 Å². The molecule has 84 valence electrons. The van der Waals surface area contributed by atoms with Gasteiger partial charge in [0.2, 0.25) is 0 Å². The van der Waals surface area contributed by atoms with E-state index in [-0.39, 0.29) is 6.04 Å². The third-order valence-electron chi connectivity index (χ3n) is 3.00. The van der Waals surface area contributed by atoms with Crippen molar-refractivity contribution in [3.8, 4) is 0 Å². The van der Waals surface area contributed by atoms with Crippen molar-refractivity contribution in [1.29, 1.82) is 0 Å². The van der Waals surface area contributed by atoms with E-state index in [1.54, 1.807) is 0 Å². The van der Waals surface area contributed by atoms with Gasteiger partial charge in [-0.15, -0.1) is 0 Å². The topological polar surface area (TPSA) is 53.1 Å². The number of hydrogen-bond donors (Lipinski definition) is 1. The molecule has 15 heavy (non-hydrogen) atoms. The molecule has 0 saturated carbocycles. The van der Waals surface area contributed by atoms with E-state index in [1.165, 1.54) is 0 Å². The Morgan fingerprint density at radius 2 is 2.60 bits per heavy atom. The SMILES string of the molecule is CCCn1nccc1C(N)C1CCOC1. The van der Waals surface area contributed by atoms with Gasteiger partial charge in [-0.05, 0) is 18.9 Å². The average molecular weight is 209 g/mol. The molecule has 0 amide bonds. The fraction of sp³-hybridized carbons (Fsp3) is 0.727. The van der Waals surface area contributed by atoms with Crippen LogP contribution in [0, 0.1) is 5.92 Å². The number of nitrogens with zero attached hydrogens (tertiary/aromatic N) is 2. The second-order valence-corrected chi connectivity index (χ2v) is 4.13. The third kappa shape index (κ3) is 2.21. The van der Waals surface area contributed by atoms with Crippen molar-refractivity contribution < 1.29 is 4.74 Å². The first-order chi connectivity index (χ1) is 7.33. The largest absolute Gasteiger partial charge is 0.381 e. The minimum Gasteiger partial charge on any atom is -0.381 e. The average Bonchev–Trinajstić information content (AvgIpc) is 2.87. The van der Waals surface area contributed by atoms with E-state index in [0.29, 0.717) is 5.92 Å². The van der Waals surface area contributed by atoms with Gasteiger partial charge in [-0.25, -0.2) is 0 Å². The fourth-order valence-electron chi connectivity index (χ4n) is 2.10. The van der Waals surface area contributed by atoms with Crippen molar-refractivity contribution in [2.24, 2.45) is 11.7 Å². The minimum absolute atomic E-state index is 0.0709. The Kier molecular flexibility index (Phi) is 3.38. The zero-order valence-electron chi connectivity index (χ0n) is 9.22. The van der Waals surface area contributed by atoms with Gasteiger partial charge in [-0.1, -0.05) is 6.92 Å². The number of ether oxygens (including phenoxy) is 1. The van der Waals surface area contributed by atoms with E-state index in [1.807, 2.05) is 16.9 Å². The van der Waals surface area contributed by atoms with Crippen molar-refractivity contribution in [3.63, 3.8) is 0 Å². The molecule has 2 N–H and O–H groups in total. The van der Waals surface area contributed by atoms with Gasteiger partial charge in [-0.2, -0.15) is 5.10 Å². The maximum atomic E-state index is 6.23. The molecule has 1 aromatic heterocycles. The van der Waals surface area contributed by atoms with E-state index in [4.69, 9.17) is 10.5 Å². The van der Waals surface area contributed by atoms with E-state index in [9.17, 15) is 0 Å². The summed E-state index contributed by atoms with van der Waals surface area (Å²) in [4.78, 5) is 0. The Bertz CT molecular complexity index is 305. The van der Waals surface area contributed by atoms with Crippen molar-refractivity contribution in [2.75, 3.05) is 13.2 Å². The van der Waals surface area contributed by atoms with Gasteiger partial charge >= 0.3 is 0 Å². The normalized spacial score (nSPS) is 23.2. The first kappa shape index (κ1) is 10.6. The van der Waals surface area contributed by atoms with E-state index in [2.05, 4.69) is 12.0 Å². The van der Waals surface area contributed by atoms with Crippen LogP contribution in [0.25, 0.3) is 0 Å². The van der Waals surface area contributed by atoms with Gasteiger partial charge in [0.25, 0.3) is 0 Å². The first-order valence-corrected chi connectivity index (χ1v) is 5.68. The molecule has 1 aliphatic heterocycles. The van der Waals surface area contributed by atoms with Gasteiger partial charge in [0.1, 0.15) is 0 Å². The van der Waals surface area contributed by atoms with Crippen LogP contribution in [0.4, 0.5) is 0 Å². The Balaban J connectivity index is 2.09. The van der Waals surface area contributed by atoms with Crippen molar-refractivity contribution >= 4 is 0 Å². The monoisotopic (exact) mass is 209 g/mol. The zero-order valence-corrected chi connectivity index (χ0v) is 9.22. The lowest BCUT2D eigenvalue weighted by Gasteiger charge is -2.18. The highest BCUT2D eigenvalue weighted by atomic mass is 16.5. The van der Waals surface area contributed by atoms with Crippen LogP contribution in [0.15, 0.2) is 12.3 Å². The number of rotatable bonds is 4. The lowest BCUT2D eigenvalue weighted by molar-refractivity contribution is 0.180. The smallest absolute Gasteiger partial charge is 0.0555 e. The molecular weight excluding hydrogens is 190 g/mol. The van der Waals surface area contributed by atoms with Gasteiger partial charge in [0, 0.05) is 25.3 Å². The lowest BCUT2D eigenvalue weighted by Crippen LogP contribution is -2.24. The summed E-state index contributed by atoms with van der Waals surface area (Å²) in [7, 11) is 0. The molecule has 2 atom stereocenters. The predicted molar refractivity (Wildman–Crippen MR) is 58.4 cm³/mol. The maximum Gasteiger partial charge on any atom is 0.0555 e. The van der Waals surface area contributed by atoms with Gasteiger partial charge in [0.15, 0.2) is 0 Å². The highest BCUT2D eigenvalue weighted by Gasteiger charge is 2.26. The predicted octanol–water partition coefficient (Wildman–Crippen LogP) is 1.33. The molecule has 0 spiro atoms. The number of hydrogen-bond acceptors (Lipinski definition) is 3. The Hall–Kier alpha value is -0.870. The molecule has 1 saturated heterocycles.